The number of pyridine rings is 1. The Morgan fingerprint density at radius 3 is 2.38 bits per heavy atom. The Balaban J connectivity index is 0.885. The lowest BCUT2D eigenvalue weighted by Crippen LogP contribution is -2.39. The van der Waals surface area contributed by atoms with Crippen LogP contribution in [0.2, 0.25) is 0 Å². The van der Waals surface area contributed by atoms with E-state index >= 15 is 0 Å². The van der Waals surface area contributed by atoms with E-state index in [4.69, 9.17) is 4.74 Å². The number of carbonyl (C=O) groups is 2. The van der Waals surface area contributed by atoms with Crippen molar-refractivity contribution < 1.29 is 24.5 Å². The first-order valence-corrected chi connectivity index (χ1v) is 17.7. The van der Waals surface area contributed by atoms with Crippen LogP contribution in [-0.2, 0) is 9.53 Å². The van der Waals surface area contributed by atoms with Gasteiger partial charge in [0.2, 0.25) is 11.5 Å². The van der Waals surface area contributed by atoms with Crippen molar-refractivity contribution in [2.75, 3.05) is 43.4 Å². The SMILES string of the molecule is CC(CNCC(O)c1ccc(O)c2[nH]c(=O)ccc12)c1ccc(NC(=O)CCN2CCC(OC(=O)Nc3ccccc3-c3ccccc3)CC2)cc1. The predicted octanol–water partition coefficient (Wildman–Crippen LogP) is 6.37. The molecule has 11 nitrogen and oxygen atoms in total. The number of para-hydroxylation sites is 1. The summed E-state index contributed by atoms with van der Waals surface area (Å²) in [4.78, 5) is 42.0. The van der Waals surface area contributed by atoms with E-state index in [-0.39, 0.29) is 29.2 Å². The molecule has 5 aromatic rings. The average molecular weight is 704 g/mol. The predicted molar refractivity (Wildman–Crippen MR) is 204 cm³/mol. The molecular formula is C41H45N5O6. The van der Waals surface area contributed by atoms with E-state index in [1.54, 1.807) is 12.1 Å². The highest BCUT2D eigenvalue weighted by molar-refractivity contribution is 5.92. The van der Waals surface area contributed by atoms with Gasteiger partial charge in [0.05, 0.1) is 17.3 Å². The van der Waals surface area contributed by atoms with Gasteiger partial charge < -0.3 is 35.5 Å². The van der Waals surface area contributed by atoms with Crippen LogP contribution in [0.5, 0.6) is 5.75 Å². The molecule has 1 aliphatic heterocycles. The van der Waals surface area contributed by atoms with E-state index in [9.17, 15) is 24.6 Å². The first kappa shape index (κ1) is 36.3. The molecule has 2 atom stereocenters. The minimum absolute atomic E-state index is 0.0440. The summed E-state index contributed by atoms with van der Waals surface area (Å²) in [6, 6.07) is 31.5. The molecule has 6 N–H and O–H groups in total. The number of rotatable bonds is 13. The van der Waals surface area contributed by atoms with E-state index in [1.165, 1.54) is 12.1 Å². The van der Waals surface area contributed by atoms with Gasteiger partial charge in [-0.05, 0) is 65.8 Å². The number of amides is 2. The largest absolute Gasteiger partial charge is 0.506 e. The van der Waals surface area contributed by atoms with E-state index < -0.39 is 12.2 Å². The van der Waals surface area contributed by atoms with Gasteiger partial charge in [-0.25, -0.2) is 4.79 Å². The number of likely N-dealkylation sites (tertiary alicyclic amines) is 1. The number of hydrogen-bond acceptors (Lipinski definition) is 8. The summed E-state index contributed by atoms with van der Waals surface area (Å²) in [7, 11) is 0. The number of piperidine rings is 1. The van der Waals surface area contributed by atoms with Crippen LogP contribution in [0.1, 0.15) is 49.3 Å². The van der Waals surface area contributed by atoms with Gasteiger partial charge in [-0.3, -0.25) is 14.9 Å². The highest BCUT2D eigenvalue weighted by Gasteiger charge is 2.23. The van der Waals surface area contributed by atoms with E-state index in [0.717, 1.165) is 35.5 Å². The Morgan fingerprint density at radius 2 is 1.62 bits per heavy atom. The topological polar surface area (TPSA) is 156 Å². The number of carbonyl (C=O) groups excluding carboxylic acids is 2. The number of phenolic OH excluding ortho intramolecular Hbond substituents is 1. The normalized spacial score (nSPS) is 14.8. The van der Waals surface area contributed by atoms with Crippen molar-refractivity contribution >= 4 is 34.3 Å². The number of aromatic nitrogens is 1. The van der Waals surface area contributed by atoms with Gasteiger partial charge in [0, 0.05) is 61.8 Å². The van der Waals surface area contributed by atoms with Crippen molar-refractivity contribution in [2.45, 2.75) is 44.3 Å². The quantitative estimate of drug-likeness (QED) is 0.0827. The number of aromatic hydroxyl groups is 1. The Bertz CT molecular complexity index is 2030. The number of H-pyrrole nitrogens is 1. The van der Waals surface area contributed by atoms with Crippen LogP contribution in [0.15, 0.2) is 108 Å². The van der Waals surface area contributed by atoms with Crippen molar-refractivity contribution in [1.82, 2.24) is 15.2 Å². The highest BCUT2D eigenvalue weighted by atomic mass is 16.6. The second-order valence-corrected chi connectivity index (χ2v) is 13.3. The van der Waals surface area contributed by atoms with Gasteiger partial charge >= 0.3 is 6.09 Å². The maximum Gasteiger partial charge on any atom is 0.411 e. The fourth-order valence-electron chi connectivity index (χ4n) is 6.60. The molecular weight excluding hydrogens is 658 g/mol. The summed E-state index contributed by atoms with van der Waals surface area (Å²) in [5.41, 5.74) is 5.08. The zero-order valence-electron chi connectivity index (χ0n) is 29.2. The molecule has 2 heterocycles. The fourth-order valence-corrected chi connectivity index (χ4v) is 6.60. The summed E-state index contributed by atoms with van der Waals surface area (Å²) >= 11 is 0. The summed E-state index contributed by atoms with van der Waals surface area (Å²) in [6.45, 7) is 5.11. The number of hydrogen-bond donors (Lipinski definition) is 6. The maximum atomic E-state index is 12.7. The number of aromatic amines is 1. The molecule has 270 valence electrons. The molecule has 1 saturated heterocycles. The molecule has 4 aromatic carbocycles. The number of nitrogens with one attached hydrogen (secondary N) is 4. The summed E-state index contributed by atoms with van der Waals surface area (Å²) in [5, 5.41) is 30.8. The third-order valence-corrected chi connectivity index (χ3v) is 9.53. The zero-order chi connectivity index (χ0) is 36.5. The number of nitrogens with zero attached hydrogens (tertiary/aromatic N) is 1. The number of anilines is 2. The minimum atomic E-state index is -0.834. The van der Waals surface area contributed by atoms with Crippen LogP contribution in [0, 0.1) is 0 Å². The van der Waals surface area contributed by atoms with Gasteiger partial charge in [-0.2, -0.15) is 0 Å². The number of fused-ring (bicyclic) bond motifs is 1. The Labute approximate surface area is 302 Å². The molecule has 6 rings (SSSR count). The average Bonchev–Trinajstić information content (AvgIpc) is 3.15. The van der Waals surface area contributed by atoms with Crippen molar-refractivity contribution in [3.05, 3.63) is 125 Å². The number of ether oxygens (including phenoxy) is 1. The standard InChI is InChI=1S/C41H45N5O6/c1-27(25-42-26-37(48)33-15-17-36(47)40-34(33)16-18-38(49)45-40)28-11-13-30(14-12-28)43-39(50)21-24-46-22-19-31(20-23-46)52-41(51)44-35-10-6-5-9-32(35)29-7-3-2-4-8-29/h2-18,27,31,37,42,47-48H,19-26H2,1H3,(H,43,50)(H,44,51)(H,45,49). The number of phenols is 1. The molecule has 0 aliphatic carbocycles. The van der Waals surface area contributed by atoms with Gasteiger partial charge in [0.15, 0.2) is 0 Å². The summed E-state index contributed by atoms with van der Waals surface area (Å²) in [5.74, 6) is 0.0440. The highest BCUT2D eigenvalue weighted by Crippen LogP contribution is 2.30. The molecule has 1 aliphatic rings. The molecule has 0 radical (unpaired) electrons. The zero-order valence-corrected chi connectivity index (χ0v) is 29.2. The Hall–Kier alpha value is -5.49. The molecule has 1 fully saturated rings. The lowest BCUT2D eigenvalue weighted by atomic mass is 10.00. The number of aliphatic hydroxyl groups excluding tert-OH is 1. The van der Waals surface area contributed by atoms with Crippen LogP contribution in [0.25, 0.3) is 22.0 Å². The van der Waals surface area contributed by atoms with Gasteiger partial charge in [0.25, 0.3) is 0 Å². The van der Waals surface area contributed by atoms with Crippen LogP contribution >= 0.6 is 0 Å². The Morgan fingerprint density at radius 1 is 0.885 bits per heavy atom. The van der Waals surface area contributed by atoms with Crippen molar-refractivity contribution in [1.29, 1.82) is 0 Å². The molecule has 0 bridgehead atoms. The van der Waals surface area contributed by atoms with Crippen LogP contribution < -0.4 is 21.5 Å². The first-order valence-electron chi connectivity index (χ1n) is 17.7. The third-order valence-electron chi connectivity index (χ3n) is 9.53. The van der Waals surface area contributed by atoms with E-state index in [2.05, 4.69) is 32.8 Å². The maximum absolute atomic E-state index is 12.7. The molecule has 2 unspecified atom stereocenters. The molecule has 52 heavy (non-hydrogen) atoms. The molecule has 2 amide bonds. The van der Waals surface area contributed by atoms with Crippen LogP contribution in [0.4, 0.5) is 16.2 Å². The van der Waals surface area contributed by atoms with Gasteiger partial charge in [0.1, 0.15) is 11.9 Å². The van der Waals surface area contributed by atoms with Crippen molar-refractivity contribution in [3.8, 4) is 16.9 Å². The number of aliphatic hydroxyl groups is 1. The lowest BCUT2D eigenvalue weighted by molar-refractivity contribution is -0.116. The summed E-state index contributed by atoms with van der Waals surface area (Å²) < 4.78 is 5.75. The van der Waals surface area contributed by atoms with Gasteiger partial charge in [-0.1, -0.05) is 73.7 Å². The van der Waals surface area contributed by atoms with Crippen molar-refractivity contribution in [3.63, 3.8) is 0 Å². The van der Waals surface area contributed by atoms with Crippen LogP contribution in [0.3, 0.4) is 0 Å². The smallest absolute Gasteiger partial charge is 0.411 e. The van der Waals surface area contributed by atoms with Gasteiger partial charge in [-0.15, -0.1) is 0 Å². The lowest BCUT2D eigenvalue weighted by Gasteiger charge is -2.31. The minimum Gasteiger partial charge on any atom is -0.506 e. The van der Waals surface area contributed by atoms with E-state index in [1.807, 2.05) is 78.9 Å². The molecule has 0 saturated carbocycles. The van der Waals surface area contributed by atoms with E-state index in [0.29, 0.717) is 61.1 Å². The van der Waals surface area contributed by atoms with Crippen molar-refractivity contribution in [2.24, 2.45) is 0 Å². The monoisotopic (exact) mass is 703 g/mol. The fraction of sp³-hybridized carbons (Fsp3) is 0.293. The second-order valence-electron chi connectivity index (χ2n) is 13.3. The first-order chi connectivity index (χ1) is 25.2. The summed E-state index contributed by atoms with van der Waals surface area (Å²) in [6.07, 6.45) is 0.300. The molecule has 11 heteroatoms. The molecule has 0 spiro atoms. The Kier molecular flexibility index (Phi) is 12.0. The van der Waals surface area contributed by atoms with Crippen LogP contribution in [-0.4, -0.2) is 70.9 Å². The second kappa shape index (κ2) is 17.1. The third kappa shape index (κ3) is 9.43. The molecule has 1 aromatic heterocycles. The number of benzene rings is 4.